The van der Waals surface area contributed by atoms with Crippen molar-refractivity contribution in [2.75, 3.05) is 0 Å². The van der Waals surface area contributed by atoms with Crippen LogP contribution < -0.4 is 56.6 Å². The summed E-state index contributed by atoms with van der Waals surface area (Å²) in [5, 5.41) is 20.8. The van der Waals surface area contributed by atoms with Gasteiger partial charge in [0, 0.05) is 0 Å². The number of nitrogens with zero attached hydrogens (tertiary/aromatic N) is 6. The Morgan fingerprint density at radius 2 is 1.72 bits per heavy atom. The van der Waals surface area contributed by atoms with Crippen molar-refractivity contribution < 1.29 is 34.7 Å². The van der Waals surface area contributed by atoms with Gasteiger partial charge in [0.05, 0.1) is 0 Å². The van der Waals surface area contributed by atoms with E-state index in [1.165, 1.54) is 0 Å². The molecule has 0 spiro atoms. The normalized spacial score (nSPS) is 16.7. The molecule has 2 rings (SSSR count). The van der Waals surface area contributed by atoms with Gasteiger partial charge in [0.25, 0.3) is 6.17 Å². The Balaban J connectivity index is 0.00000162. The van der Waals surface area contributed by atoms with E-state index in [-0.39, 0.29) is 41.4 Å². The van der Waals surface area contributed by atoms with Crippen LogP contribution in [0.5, 0.6) is 0 Å². The van der Waals surface area contributed by atoms with E-state index in [4.69, 9.17) is 5.39 Å². The molecule has 0 unspecified atom stereocenters. The maximum atomic E-state index is 12.0. The maximum Gasteiger partial charge on any atom is 1.00 e. The van der Waals surface area contributed by atoms with Crippen LogP contribution in [-0.2, 0) is 0 Å². The van der Waals surface area contributed by atoms with Crippen LogP contribution >= 0.6 is 0 Å². The molecule has 8 heteroatoms. The molecule has 1 aliphatic heterocycles. The van der Waals surface area contributed by atoms with Gasteiger partial charge in [-0.1, -0.05) is 40.7 Å². The quantitative estimate of drug-likeness (QED) is 0.309. The summed E-state index contributed by atoms with van der Waals surface area (Å²) in [5.41, 5.74) is 14.5. The van der Waals surface area contributed by atoms with E-state index in [1.54, 1.807) is 24.3 Å². The van der Waals surface area contributed by atoms with Crippen molar-refractivity contribution in [3.8, 4) is 0 Å². The summed E-state index contributed by atoms with van der Waals surface area (Å²) < 4.78 is 0. The first-order chi connectivity index (χ1) is 8.22. The molecule has 0 amide bonds. The summed E-state index contributed by atoms with van der Waals surface area (Å²) in [6.07, 6.45) is -0.0990. The Morgan fingerprint density at radius 3 is 2.22 bits per heavy atom. The summed E-state index contributed by atoms with van der Waals surface area (Å²) in [4.78, 5) is 2.89. The molecule has 1 aliphatic rings. The third-order valence-corrected chi connectivity index (χ3v) is 2.16. The van der Waals surface area contributed by atoms with Gasteiger partial charge < -0.3 is 5.11 Å². The van der Waals surface area contributed by atoms with E-state index in [1.807, 2.05) is 6.92 Å². The third kappa shape index (κ3) is 3.28. The second-order valence-corrected chi connectivity index (χ2v) is 3.35. The predicted molar refractivity (Wildman–Crippen MR) is 55.0 cm³/mol. The number of benzene rings is 1. The molecule has 0 N–H and O–H groups in total. The largest absolute Gasteiger partial charge is 1.00 e. The number of hydrogen-bond donors (Lipinski definition) is 0. The fourth-order valence-corrected chi connectivity index (χ4v) is 1.27. The average Bonchev–Trinajstić information content (AvgIpc) is 2.84. The molecule has 5 radical (unpaired) electrons. The molecule has 1 aromatic rings. The molecular weight excluding hydrogens is 243 g/mol. The summed E-state index contributed by atoms with van der Waals surface area (Å²) in [5.74, 6) is -0.484. The van der Waals surface area contributed by atoms with Gasteiger partial charge >= 0.3 is 35.3 Å². The van der Waals surface area contributed by atoms with Gasteiger partial charge in [-0.05, 0) is 29.3 Å². The van der Waals surface area contributed by atoms with Gasteiger partial charge in [0.1, 0.15) is 0 Å². The molecular formula is C10H7N6NaO+. The molecule has 1 saturated heterocycles. The van der Waals surface area contributed by atoms with Crippen LogP contribution in [0.2, 0.25) is 0 Å². The Bertz CT molecular complexity index is 474. The molecule has 0 aliphatic carbocycles. The van der Waals surface area contributed by atoms with Crippen molar-refractivity contribution in [3.63, 3.8) is 0 Å². The smallest absolute Gasteiger partial charge is 0.867 e. The first kappa shape index (κ1) is 15.1. The molecule has 0 atom stereocenters. The van der Waals surface area contributed by atoms with E-state index in [0.717, 1.165) is 5.56 Å². The standard InChI is InChI=1S/C10H7N6O.Na/c1-6-2-4-7(5-3-6)9(17)8(12-11)10-13-15-16-14-10;/h2-5H,1H3;/q;+1/b9-8-;. The van der Waals surface area contributed by atoms with E-state index in [9.17, 15) is 5.11 Å². The number of hydrogen-bond acceptors (Lipinski definition) is 2. The first-order valence-corrected chi connectivity index (χ1v) is 4.75. The van der Waals surface area contributed by atoms with Gasteiger partial charge in [-0.2, -0.15) is 0 Å². The van der Waals surface area contributed by atoms with E-state index in [2.05, 4.69) is 26.9 Å². The Kier molecular flexibility index (Phi) is 5.71. The Morgan fingerprint density at radius 1 is 1.17 bits per heavy atom. The molecule has 0 bridgehead atoms. The van der Waals surface area contributed by atoms with Crippen molar-refractivity contribution in [2.45, 2.75) is 6.92 Å². The summed E-state index contributed by atoms with van der Waals surface area (Å²) >= 11 is 0. The minimum absolute atomic E-state index is 0. The molecule has 83 valence electrons. The van der Waals surface area contributed by atoms with Crippen LogP contribution in [0, 0.1) is 18.5 Å². The topological polar surface area (TPSA) is 108 Å². The van der Waals surface area contributed by atoms with E-state index < -0.39 is 5.76 Å². The molecule has 7 nitrogen and oxygen atoms in total. The molecule has 0 aromatic heterocycles. The Hall–Kier alpha value is -0.980. The second kappa shape index (κ2) is 6.82. The summed E-state index contributed by atoms with van der Waals surface area (Å²) in [6.45, 7) is 1.91. The monoisotopic (exact) mass is 250 g/mol. The van der Waals surface area contributed by atoms with Gasteiger partial charge in [-0.25, -0.2) is 0 Å². The van der Waals surface area contributed by atoms with Gasteiger partial charge in [-0.3, -0.25) is 0 Å². The van der Waals surface area contributed by atoms with Crippen LogP contribution in [0.1, 0.15) is 11.1 Å². The zero-order chi connectivity index (χ0) is 12.3. The summed E-state index contributed by atoms with van der Waals surface area (Å²) in [6, 6.07) is 6.83. The van der Waals surface area contributed by atoms with Gasteiger partial charge in [-0.15, -0.1) is 0 Å². The van der Waals surface area contributed by atoms with Crippen LogP contribution in [0.4, 0.5) is 0 Å². The van der Waals surface area contributed by atoms with Crippen LogP contribution in [-0.4, -0.2) is 0 Å². The van der Waals surface area contributed by atoms with E-state index >= 15 is 0 Å². The molecule has 1 fully saturated rings. The molecule has 1 aromatic carbocycles. The van der Waals surface area contributed by atoms with Crippen LogP contribution in [0.25, 0.3) is 10.7 Å². The molecule has 18 heavy (non-hydrogen) atoms. The first-order valence-electron chi connectivity index (χ1n) is 4.75. The number of diazo groups is 1. The number of aryl methyl sites for hydroxylation is 1. The van der Waals surface area contributed by atoms with E-state index in [0.29, 0.717) is 5.56 Å². The molecule has 1 heterocycles. The zero-order valence-electron chi connectivity index (χ0n) is 9.90. The fourth-order valence-electron chi connectivity index (χ4n) is 1.27. The second-order valence-electron chi connectivity index (χ2n) is 3.35. The average molecular weight is 250 g/mol. The van der Waals surface area contributed by atoms with Crippen molar-refractivity contribution in [2.24, 2.45) is 0 Å². The minimum atomic E-state index is -0.484. The zero-order valence-corrected chi connectivity index (χ0v) is 11.9. The van der Waals surface area contributed by atoms with Gasteiger partial charge in [0.15, 0.2) is 4.98 Å². The van der Waals surface area contributed by atoms with Crippen molar-refractivity contribution >= 4 is 5.76 Å². The van der Waals surface area contributed by atoms with Gasteiger partial charge in [0.2, 0.25) is 5.39 Å². The fraction of sp³-hybridized carbons (Fsp3) is 0.100. The van der Waals surface area contributed by atoms with Crippen molar-refractivity contribution in [3.05, 3.63) is 52.2 Å². The molecule has 0 saturated carbocycles. The Labute approximate surface area is 126 Å². The SMILES string of the molecule is Cc1ccc(/C([O-])=C(/[N+]#N)[C]2[N][N][N][N]2)cc1.[Na+]. The summed E-state index contributed by atoms with van der Waals surface area (Å²) in [7, 11) is 0. The van der Waals surface area contributed by atoms with Crippen LogP contribution in [0.15, 0.2) is 30.0 Å². The number of rotatable bonds is 2. The van der Waals surface area contributed by atoms with Crippen LogP contribution in [0.3, 0.4) is 0 Å². The van der Waals surface area contributed by atoms with Crippen molar-refractivity contribution in [1.82, 2.24) is 21.9 Å². The predicted octanol–water partition coefficient (Wildman–Crippen LogP) is -3.45. The maximum absolute atomic E-state index is 12.0. The minimum Gasteiger partial charge on any atom is -0.867 e. The third-order valence-electron chi connectivity index (χ3n) is 2.16. The van der Waals surface area contributed by atoms with Crippen molar-refractivity contribution in [1.29, 1.82) is 5.39 Å².